The summed E-state index contributed by atoms with van der Waals surface area (Å²) in [4.78, 5) is 0. The summed E-state index contributed by atoms with van der Waals surface area (Å²) in [5.41, 5.74) is 0. The van der Waals surface area contributed by atoms with E-state index >= 15 is 0 Å². The fourth-order valence-corrected chi connectivity index (χ4v) is 2.76. The number of rotatable bonds is 2. The van der Waals surface area contributed by atoms with E-state index in [1.165, 1.54) is 30.4 Å². The Morgan fingerprint density at radius 3 is 1.64 bits per heavy atom. The van der Waals surface area contributed by atoms with Gasteiger partial charge in [-0.05, 0) is 27.7 Å². The van der Waals surface area contributed by atoms with Crippen LogP contribution < -0.4 is 0 Å². The largest absolute Gasteiger partial charge is 0.381 e. The summed E-state index contributed by atoms with van der Waals surface area (Å²) < 4.78 is 6.80. The minimum Gasteiger partial charge on any atom is -0.381 e. The lowest BCUT2D eigenvalue weighted by Gasteiger charge is -2.47. The minimum absolute atomic E-state index is 0.744. The molecule has 0 bridgehead atoms. The SMILES string of the molecule is CC(C)[N+]1(C(C)C)CCCOCCC1. The second-order valence-electron chi connectivity index (χ2n) is 5.06. The molecule has 1 aliphatic heterocycles. The Hall–Kier alpha value is -0.0800. The molecule has 1 aliphatic rings. The summed E-state index contributed by atoms with van der Waals surface area (Å²) in [6.45, 7) is 13.9. The molecular weight excluding hydrogens is 174 g/mol. The third-order valence-corrected chi connectivity index (χ3v) is 3.78. The van der Waals surface area contributed by atoms with E-state index in [0.29, 0.717) is 0 Å². The van der Waals surface area contributed by atoms with E-state index in [4.69, 9.17) is 4.74 Å². The van der Waals surface area contributed by atoms with Gasteiger partial charge in [0.25, 0.3) is 0 Å². The van der Waals surface area contributed by atoms with E-state index < -0.39 is 0 Å². The van der Waals surface area contributed by atoms with Crippen molar-refractivity contribution in [2.45, 2.75) is 52.6 Å². The normalized spacial score (nSPS) is 23.6. The molecule has 1 rings (SSSR count). The third kappa shape index (κ3) is 2.48. The summed E-state index contributed by atoms with van der Waals surface area (Å²) >= 11 is 0. The molecule has 0 radical (unpaired) electrons. The average Bonchev–Trinajstić information content (AvgIpc) is 2.02. The van der Waals surface area contributed by atoms with Crippen LogP contribution in [0.1, 0.15) is 40.5 Å². The van der Waals surface area contributed by atoms with Crippen molar-refractivity contribution in [2.24, 2.45) is 0 Å². The first kappa shape index (κ1) is 12.0. The van der Waals surface area contributed by atoms with Gasteiger partial charge in [-0.15, -0.1) is 0 Å². The third-order valence-electron chi connectivity index (χ3n) is 3.78. The first-order chi connectivity index (χ1) is 6.59. The van der Waals surface area contributed by atoms with Crippen LogP contribution in [-0.2, 0) is 4.74 Å². The summed E-state index contributed by atoms with van der Waals surface area (Å²) in [5.74, 6) is 0. The molecule has 0 aromatic carbocycles. The van der Waals surface area contributed by atoms with Crippen LogP contribution in [0.3, 0.4) is 0 Å². The average molecular weight is 200 g/mol. The molecular formula is C12H26NO+. The van der Waals surface area contributed by atoms with E-state index in [0.717, 1.165) is 25.3 Å². The molecule has 0 N–H and O–H groups in total. The van der Waals surface area contributed by atoms with E-state index in [1.54, 1.807) is 0 Å². The second kappa shape index (κ2) is 5.13. The number of ether oxygens (including phenoxy) is 1. The molecule has 1 fully saturated rings. The molecule has 2 nitrogen and oxygen atoms in total. The standard InChI is InChI=1S/C12H26NO/c1-11(2)13(12(3)4)7-5-9-14-10-6-8-13/h11-12H,5-10H2,1-4H3/q+1. The van der Waals surface area contributed by atoms with Gasteiger partial charge in [-0.25, -0.2) is 0 Å². The van der Waals surface area contributed by atoms with E-state index in [9.17, 15) is 0 Å². The Morgan fingerprint density at radius 2 is 1.29 bits per heavy atom. The van der Waals surface area contributed by atoms with Gasteiger partial charge in [0.1, 0.15) is 0 Å². The maximum atomic E-state index is 5.52. The maximum Gasteiger partial charge on any atom is 0.0835 e. The fraction of sp³-hybridized carbons (Fsp3) is 1.00. The van der Waals surface area contributed by atoms with Crippen molar-refractivity contribution >= 4 is 0 Å². The molecule has 1 heterocycles. The number of hydrogen-bond donors (Lipinski definition) is 0. The lowest BCUT2D eigenvalue weighted by molar-refractivity contribution is -0.967. The first-order valence-corrected chi connectivity index (χ1v) is 6.04. The molecule has 14 heavy (non-hydrogen) atoms. The van der Waals surface area contributed by atoms with Crippen LogP contribution in [0.2, 0.25) is 0 Å². The van der Waals surface area contributed by atoms with Crippen LogP contribution in [0, 0.1) is 0 Å². The topological polar surface area (TPSA) is 9.23 Å². The highest BCUT2D eigenvalue weighted by atomic mass is 16.5. The zero-order valence-electron chi connectivity index (χ0n) is 10.3. The smallest absolute Gasteiger partial charge is 0.0835 e. The van der Waals surface area contributed by atoms with Gasteiger partial charge in [-0.2, -0.15) is 0 Å². The number of hydrogen-bond acceptors (Lipinski definition) is 1. The van der Waals surface area contributed by atoms with E-state index in [2.05, 4.69) is 27.7 Å². The van der Waals surface area contributed by atoms with Crippen molar-refractivity contribution in [2.75, 3.05) is 26.3 Å². The van der Waals surface area contributed by atoms with Gasteiger partial charge in [0.15, 0.2) is 0 Å². The van der Waals surface area contributed by atoms with Crippen molar-refractivity contribution in [3.05, 3.63) is 0 Å². The van der Waals surface area contributed by atoms with Gasteiger partial charge in [0, 0.05) is 12.8 Å². The summed E-state index contributed by atoms with van der Waals surface area (Å²) in [6, 6.07) is 1.49. The quantitative estimate of drug-likeness (QED) is 0.622. The van der Waals surface area contributed by atoms with Gasteiger partial charge >= 0.3 is 0 Å². The molecule has 1 saturated heterocycles. The van der Waals surface area contributed by atoms with Gasteiger partial charge in [0.2, 0.25) is 0 Å². The molecule has 0 saturated carbocycles. The van der Waals surface area contributed by atoms with Crippen molar-refractivity contribution in [3.8, 4) is 0 Å². The zero-order valence-corrected chi connectivity index (χ0v) is 10.3. The minimum atomic E-state index is 0.744. The molecule has 2 heteroatoms. The van der Waals surface area contributed by atoms with Crippen LogP contribution in [-0.4, -0.2) is 42.9 Å². The van der Waals surface area contributed by atoms with Gasteiger partial charge in [-0.1, -0.05) is 0 Å². The lowest BCUT2D eigenvalue weighted by Crippen LogP contribution is -2.59. The highest BCUT2D eigenvalue weighted by molar-refractivity contribution is 4.57. The molecule has 0 atom stereocenters. The van der Waals surface area contributed by atoms with Crippen LogP contribution in [0.25, 0.3) is 0 Å². The van der Waals surface area contributed by atoms with Gasteiger partial charge in [-0.3, -0.25) is 0 Å². The highest BCUT2D eigenvalue weighted by Crippen LogP contribution is 2.22. The summed E-state index contributed by atoms with van der Waals surface area (Å²) in [6.07, 6.45) is 2.44. The van der Waals surface area contributed by atoms with Gasteiger partial charge in [0.05, 0.1) is 38.4 Å². The van der Waals surface area contributed by atoms with Crippen LogP contribution in [0.15, 0.2) is 0 Å². The van der Waals surface area contributed by atoms with Crippen LogP contribution in [0.5, 0.6) is 0 Å². The van der Waals surface area contributed by atoms with Gasteiger partial charge < -0.3 is 9.22 Å². The fourth-order valence-electron chi connectivity index (χ4n) is 2.76. The molecule has 0 unspecified atom stereocenters. The molecule has 0 aliphatic carbocycles. The van der Waals surface area contributed by atoms with Crippen molar-refractivity contribution < 1.29 is 9.22 Å². The number of quaternary nitrogens is 1. The Balaban J connectivity index is 2.71. The highest BCUT2D eigenvalue weighted by Gasteiger charge is 2.34. The molecule has 0 amide bonds. The van der Waals surface area contributed by atoms with Crippen molar-refractivity contribution in [3.63, 3.8) is 0 Å². The predicted molar refractivity (Wildman–Crippen MR) is 60.3 cm³/mol. The molecule has 0 aromatic heterocycles. The van der Waals surface area contributed by atoms with Crippen LogP contribution >= 0.6 is 0 Å². The van der Waals surface area contributed by atoms with Crippen molar-refractivity contribution in [1.82, 2.24) is 0 Å². The predicted octanol–water partition coefficient (Wildman–Crippen LogP) is 2.43. The second-order valence-corrected chi connectivity index (χ2v) is 5.06. The first-order valence-electron chi connectivity index (χ1n) is 6.04. The van der Waals surface area contributed by atoms with E-state index in [-0.39, 0.29) is 0 Å². The lowest BCUT2D eigenvalue weighted by atomic mass is 10.1. The maximum absolute atomic E-state index is 5.52. The molecule has 84 valence electrons. The Bertz CT molecular complexity index is 148. The Labute approximate surface area is 88.8 Å². The Kier molecular flexibility index (Phi) is 4.39. The zero-order chi connectivity index (χ0) is 10.6. The van der Waals surface area contributed by atoms with Crippen LogP contribution in [0.4, 0.5) is 0 Å². The Morgan fingerprint density at radius 1 is 0.857 bits per heavy atom. The van der Waals surface area contributed by atoms with E-state index in [1.807, 2.05) is 0 Å². The molecule has 0 aromatic rings. The summed E-state index contributed by atoms with van der Waals surface area (Å²) in [7, 11) is 0. The van der Waals surface area contributed by atoms with Crippen molar-refractivity contribution in [1.29, 1.82) is 0 Å². The number of nitrogens with zero attached hydrogens (tertiary/aromatic N) is 1. The summed E-state index contributed by atoms with van der Waals surface area (Å²) in [5, 5.41) is 0. The molecule has 0 spiro atoms. The monoisotopic (exact) mass is 200 g/mol.